The monoisotopic (exact) mass is 298 g/mol. The number of carboxylic acid groups (broad SMARTS) is 1. The lowest BCUT2D eigenvalue weighted by Gasteiger charge is -2.28. The zero-order valence-electron chi connectivity index (χ0n) is 13.2. The quantitative estimate of drug-likeness (QED) is 0.645. The molecule has 120 valence electrons. The molecule has 0 saturated heterocycles. The van der Waals surface area contributed by atoms with Crippen LogP contribution in [0.25, 0.3) is 0 Å². The number of hydrogen-bond donors (Lipinski definition) is 3. The lowest BCUT2D eigenvalue weighted by molar-refractivity contribution is -0.123. The van der Waals surface area contributed by atoms with E-state index in [9.17, 15) is 4.79 Å². The van der Waals surface area contributed by atoms with E-state index in [1.807, 2.05) is 20.3 Å². The number of carbonyl (C=O) groups excluding carboxylic acids is 1. The summed E-state index contributed by atoms with van der Waals surface area (Å²) in [6, 6.07) is 0.378. The van der Waals surface area contributed by atoms with Crippen LogP contribution in [0, 0.1) is 5.92 Å². The number of nitrogens with one attached hydrogen (secondary N) is 2. The predicted octanol–water partition coefficient (Wildman–Crippen LogP) is 0.746. The summed E-state index contributed by atoms with van der Waals surface area (Å²) in [7, 11) is 4.09. The molecule has 0 aliphatic heterocycles. The summed E-state index contributed by atoms with van der Waals surface area (Å²) < 4.78 is 0. The Balaban J connectivity index is 0.00000122. The third kappa shape index (κ3) is 8.80. The molecule has 0 radical (unpaired) electrons. The van der Waals surface area contributed by atoms with Crippen molar-refractivity contribution < 1.29 is 14.7 Å². The number of H-pyrrole nitrogens is 1. The molecule has 21 heavy (non-hydrogen) atoms. The Morgan fingerprint density at radius 2 is 2.14 bits per heavy atom. The van der Waals surface area contributed by atoms with Crippen LogP contribution in [0.4, 0.5) is 0 Å². The Morgan fingerprint density at radius 3 is 2.57 bits per heavy atom. The molecule has 0 fully saturated rings. The van der Waals surface area contributed by atoms with Crippen molar-refractivity contribution in [2.24, 2.45) is 5.92 Å². The van der Waals surface area contributed by atoms with E-state index in [2.05, 4.69) is 34.3 Å². The van der Waals surface area contributed by atoms with Crippen molar-refractivity contribution in [1.29, 1.82) is 0 Å². The van der Waals surface area contributed by atoms with Crippen LogP contribution >= 0.6 is 0 Å². The van der Waals surface area contributed by atoms with Crippen LogP contribution in [0.3, 0.4) is 0 Å². The summed E-state index contributed by atoms with van der Waals surface area (Å²) in [5, 5.41) is 16.5. The summed E-state index contributed by atoms with van der Waals surface area (Å²) in [6.45, 7) is 4.79. The molecule has 1 rings (SSSR count). The Morgan fingerprint density at radius 1 is 1.52 bits per heavy atom. The van der Waals surface area contributed by atoms with Crippen molar-refractivity contribution in [2.75, 3.05) is 20.6 Å². The van der Waals surface area contributed by atoms with Crippen LogP contribution in [0.5, 0.6) is 0 Å². The molecule has 1 aromatic heterocycles. The van der Waals surface area contributed by atoms with Crippen LogP contribution in [-0.4, -0.2) is 59.3 Å². The SMILES string of the molecule is CC(C)C(CNC(=O)CCc1cn[nH]c1)N(C)C.O=CO. The second-order valence-electron chi connectivity index (χ2n) is 5.29. The van der Waals surface area contributed by atoms with Crippen LogP contribution in [-0.2, 0) is 16.0 Å². The fourth-order valence-corrected chi connectivity index (χ4v) is 1.99. The molecule has 1 atom stereocenters. The van der Waals surface area contributed by atoms with E-state index in [1.54, 1.807) is 6.20 Å². The first-order valence-electron chi connectivity index (χ1n) is 6.91. The molecule has 0 aliphatic rings. The van der Waals surface area contributed by atoms with Gasteiger partial charge in [0, 0.05) is 25.2 Å². The zero-order chi connectivity index (χ0) is 16.3. The average Bonchev–Trinajstić information content (AvgIpc) is 2.89. The summed E-state index contributed by atoms with van der Waals surface area (Å²) in [5.74, 6) is 0.623. The fourth-order valence-electron chi connectivity index (χ4n) is 1.99. The minimum absolute atomic E-state index is 0.101. The molecule has 7 heteroatoms. The second-order valence-corrected chi connectivity index (χ2v) is 5.29. The molecule has 0 aromatic carbocycles. The standard InChI is InChI=1S/C13H24N4O.CH2O2/c1-10(2)12(17(3)4)9-14-13(18)6-5-11-7-15-16-8-11;2-1-3/h7-8,10,12H,5-6,9H2,1-4H3,(H,14,18)(H,15,16);1H,(H,2,3). The largest absolute Gasteiger partial charge is 0.483 e. The number of hydrogen-bond acceptors (Lipinski definition) is 4. The van der Waals surface area contributed by atoms with E-state index < -0.39 is 0 Å². The van der Waals surface area contributed by atoms with E-state index in [1.165, 1.54) is 0 Å². The molecule has 0 aliphatic carbocycles. The molecular weight excluding hydrogens is 272 g/mol. The smallest absolute Gasteiger partial charge is 0.290 e. The molecule has 1 heterocycles. The van der Waals surface area contributed by atoms with Gasteiger partial charge in [-0.1, -0.05) is 13.8 Å². The van der Waals surface area contributed by atoms with E-state index in [0.29, 0.717) is 24.9 Å². The molecule has 3 N–H and O–H groups in total. The first-order valence-corrected chi connectivity index (χ1v) is 6.91. The average molecular weight is 298 g/mol. The van der Waals surface area contributed by atoms with Gasteiger partial charge >= 0.3 is 0 Å². The highest BCUT2D eigenvalue weighted by Crippen LogP contribution is 2.06. The Hall–Kier alpha value is -1.89. The van der Waals surface area contributed by atoms with Crippen LogP contribution < -0.4 is 5.32 Å². The van der Waals surface area contributed by atoms with Crippen molar-refractivity contribution in [3.8, 4) is 0 Å². The van der Waals surface area contributed by atoms with Crippen molar-refractivity contribution >= 4 is 12.4 Å². The van der Waals surface area contributed by atoms with Gasteiger partial charge in [0.1, 0.15) is 0 Å². The third-order valence-corrected chi connectivity index (χ3v) is 3.14. The molecular formula is C14H26N4O3. The predicted molar refractivity (Wildman–Crippen MR) is 80.9 cm³/mol. The number of aromatic nitrogens is 2. The molecule has 1 amide bonds. The topological polar surface area (TPSA) is 98.3 Å². The number of nitrogens with zero attached hydrogens (tertiary/aromatic N) is 2. The number of likely N-dealkylation sites (N-methyl/N-ethyl adjacent to an activating group) is 1. The Bertz CT molecular complexity index is 383. The van der Waals surface area contributed by atoms with Gasteiger partial charge in [-0.3, -0.25) is 14.7 Å². The van der Waals surface area contributed by atoms with Crippen LogP contribution in [0.15, 0.2) is 12.4 Å². The van der Waals surface area contributed by atoms with E-state index in [0.717, 1.165) is 12.0 Å². The molecule has 0 bridgehead atoms. The maximum absolute atomic E-state index is 11.7. The van der Waals surface area contributed by atoms with Gasteiger partial charge in [-0.05, 0) is 32.0 Å². The van der Waals surface area contributed by atoms with Gasteiger partial charge in [-0.2, -0.15) is 5.10 Å². The maximum atomic E-state index is 11.7. The number of amides is 1. The molecule has 0 saturated carbocycles. The summed E-state index contributed by atoms with van der Waals surface area (Å²) in [4.78, 5) is 22.2. The van der Waals surface area contributed by atoms with Gasteiger partial charge in [0.05, 0.1) is 6.20 Å². The summed E-state index contributed by atoms with van der Waals surface area (Å²) >= 11 is 0. The molecule has 1 unspecified atom stereocenters. The maximum Gasteiger partial charge on any atom is 0.290 e. The van der Waals surface area contributed by atoms with E-state index in [-0.39, 0.29) is 12.4 Å². The van der Waals surface area contributed by atoms with Gasteiger partial charge in [-0.15, -0.1) is 0 Å². The van der Waals surface area contributed by atoms with Gasteiger partial charge in [0.2, 0.25) is 5.91 Å². The first-order chi connectivity index (χ1) is 9.92. The van der Waals surface area contributed by atoms with Gasteiger partial charge < -0.3 is 15.3 Å². The van der Waals surface area contributed by atoms with E-state index in [4.69, 9.17) is 9.90 Å². The minimum Gasteiger partial charge on any atom is -0.483 e. The molecule has 0 spiro atoms. The zero-order valence-corrected chi connectivity index (χ0v) is 13.2. The Labute approximate surface area is 125 Å². The summed E-state index contributed by atoms with van der Waals surface area (Å²) in [5.41, 5.74) is 1.07. The first kappa shape index (κ1) is 19.1. The highest BCUT2D eigenvalue weighted by Gasteiger charge is 2.16. The molecule has 7 nitrogen and oxygen atoms in total. The highest BCUT2D eigenvalue weighted by atomic mass is 16.3. The van der Waals surface area contributed by atoms with Gasteiger partial charge in [0.15, 0.2) is 0 Å². The molecule has 1 aromatic rings. The Kier molecular flexibility index (Phi) is 9.87. The third-order valence-electron chi connectivity index (χ3n) is 3.14. The minimum atomic E-state index is -0.250. The lowest BCUT2D eigenvalue weighted by atomic mass is 10.0. The van der Waals surface area contributed by atoms with E-state index >= 15 is 0 Å². The van der Waals surface area contributed by atoms with Crippen LogP contribution in [0.1, 0.15) is 25.8 Å². The number of aryl methyl sites for hydroxylation is 1. The number of aromatic amines is 1. The van der Waals surface area contributed by atoms with Gasteiger partial charge in [-0.25, -0.2) is 0 Å². The number of carbonyl (C=O) groups is 2. The highest BCUT2D eigenvalue weighted by molar-refractivity contribution is 5.76. The van der Waals surface area contributed by atoms with Crippen molar-refractivity contribution in [1.82, 2.24) is 20.4 Å². The van der Waals surface area contributed by atoms with Crippen molar-refractivity contribution in [2.45, 2.75) is 32.7 Å². The van der Waals surface area contributed by atoms with Crippen molar-refractivity contribution in [3.05, 3.63) is 18.0 Å². The van der Waals surface area contributed by atoms with Gasteiger partial charge in [0.25, 0.3) is 6.47 Å². The number of rotatable bonds is 7. The van der Waals surface area contributed by atoms with Crippen LogP contribution in [0.2, 0.25) is 0 Å². The lowest BCUT2D eigenvalue weighted by Crippen LogP contribution is -2.43. The normalized spacial score (nSPS) is 11.7. The fraction of sp³-hybridized carbons (Fsp3) is 0.643. The van der Waals surface area contributed by atoms with Crippen molar-refractivity contribution in [3.63, 3.8) is 0 Å². The summed E-state index contributed by atoms with van der Waals surface area (Å²) in [6.07, 6.45) is 4.82. The second kappa shape index (κ2) is 10.8.